The number of carbonyl (C=O) groups is 2. The molecule has 18 heavy (non-hydrogen) atoms. The number of nitrogens with zero attached hydrogens (tertiary/aromatic N) is 2. The standard InChI is InChI=1S/C12H19ClN2O3/c13-12(17)10-8-11(16)15(9-10)3-1-2-14-4-6-18-7-5-14/h10H,1-9H2. The van der Waals surface area contributed by atoms with Crippen LogP contribution in [0, 0.1) is 5.92 Å². The Bertz CT molecular complexity index is 318. The average molecular weight is 275 g/mol. The van der Waals surface area contributed by atoms with E-state index >= 15 is 0 Å². The van der Waals surface area contributed by atoms with Gasteiger partial charge in [0.05, 0.1) is 19.1 Å². The van der Waals surface area contributed by atoms with Gasteiger partial charge in [0.25, 0.3) is 0 Å². The molecule has 0 radical (unpaired) electrons. The van der Waals surface area contributed by atoms with Gasteiger partial charge in [-0.1, -0.05) is 0 Å². The Labute approximate surface area is 112 Å². The van der Waals surface area contributed by atoms with Crippen LogP contribution in [0.3, 0.4) is 0 Å². The minimum Gasteiger partial charge on any atom is -0.379 e. The lowest BCUT2D eigenvalue weighted by molar-refractivity contribution is -0.128. The third-order valence-corrected chi connectivity index (χ3v) is 3.85. The quantitative estimate of drug-likeness (QED) is 0.678. The third kappa shape index (κ3) is 3.67. The van der Waals surface area contributed by atoms with Gasteiger partial charge in [-0.2, -0.15) is 0 Å². The molecule has 0 bridgehead atoms. The largest absolute Gasteiger partial charge is 0.379 e. The zero-order valence-corrected chi connectivity index (χ0v) is 11.2. The van der Waals surface area contributed by atoms with Crippen molar-refractivity contribution < 1.29 is 14.3 Å². The molecule has 1 unspecified atom stereocenters. The second kappa shape index (κ2) is 6.50. The Morgan fingerprint density at radius 2 is 2.06 bits per heavy atom. The highest BCUT2D eigenvalue weighted by atomic mass is 35.5. The van der Waals surface area contributed by atoms with Crippen LogP contribution in [0.2, 0.25) is 0 Å². The number of hydrogen-bond acceptors (Lipinski definition) is 4. The van der Waals surface area contributed by atoms with E-state index in [1.165, 1.54) is 0 Å². The van der Waals surface area contributed by atoms with Gasteiger partial charge in [-0.05, 0) is 18.0 Å². The van der Waals surface area contributed by atoms with E-state index in [1.54, 1.807) is 4.90 Å². The van der Waals surface area contributed by atoms with Gasteiger partial charge < -0.3 is 9.64 Å². The van der Waals surface area contributed by atoms with Gasteiger partial charge in [-0.3, -0.25) is 14.5 Å². The molecule has 0 spiro atoms. The highest BCUT2D eigenvalue weighted by Crippen LogP contribution is 2.20. The molecule has 5 nitrogen and oxygen atoms in total. The molecule has 2 saturated heterocycles. The maximum absolute atomic E-state index is 11.7. The summed E-state index contributed by atoms with van der Waals surface area (Å²) in [5.41, 5.74) is 0. The molecule has 0 aliphatic carbocycles. The lowest BCUT2D eigenvalue weighted by Crippen LogP contribution is -2.38. The molecule has 0 N–H and O–H groups in total. The Balaban J connectivity index is 1.67. The van der Waals surface area contributed by atoms with Crippen molar-refractivity contribution in [3.8, 4) is 0 Å². The van der Waals surface area contributed by atoms with Crippen molar-refractivity contribution >= 4 is 22.8 Å². The Kier molecular flexibility index (Phi) is 4.97. The molecular formula is C12H19ClN2O3. The number of rotatable bonds is 5. The predicted molar refractivity (Wildman–Crippen MR) is 67.4 cm³/mol. The highest BCUT2D eigenvalue weighted by Gasteiger charge is 2.32. The molecule has 2 aliphatic heterocycles. The van der Waals surface area contributed by atoms with Crippen LogP contribution in [0.15, 0.2) is 0 Å². The summed E-state index contributed by atoms with van der Waals surface area (Å²) in [4.78, 5) is 26.8. The van der Waals surface area contributed by atoms with Gasteiger partial charge in [0.15, 0.2) is 0 Å². The zero-order chi connectivity index (χ0) is 13.0. The Morgan fingerprint density at radius 3 is 2.67 bits per heavy atom. The molecule has 6 heteroatoms. The lowest BCUT2D eigenvalue weighted by atomic mass is 10.1. The van der Waals surface area contributed by atoms with E-state index in [2.05, 4.69) is 4.90 Å². The van der Waals surface area contributed by atoms with Gasteiger partial charge in [0.2, 0.25) is 11.1 Å². The van der Waals surface area contributed by atoms with Crippen LogP contribution in [0.5, 0.6) is 0 Å². The smallest absolute Gasteiger partial charge is 0.227 e. The van der Waals surface area contributed by atoms with Crippen LogP contribution in [-0.2, 0) is 14.3 Å². The van der Waals surface area contributed by atoms with E-state index in [-0.39, 0.29) is 23.5 Å². The molecule has 1 amide bonds. The molecule has 2 rings (SSSR count). The summed E-state index contributed by atoms with van der Waals surface area (Å²) in [5, 5.41) is -0.390. The molecule has 102 valence electrons. The molecule has 0 aromatic rings. The van der Waals surface area contributed by atoms with Crippen molar-refractivity contribution in [1.82, 2.24) is 9.80 Å². The number of ether oxygens (including phenoxy) is 1. The minimum atomic E-state index is -0.390. The first-order chi connectivity index (χ1) is 8.66. The fraction of sp³-hybridized carbons (Fsp3) is 0.833. The van der Waals surface area contributed by atoms with Gasteiger partial charge in [0.1, 0.15) is 0 Å². The summed E-state index contributed by atoms with van der Waals surface area (Å²) in [5.74, 6) is -0.251. The van der Waals surface area contributed by atoms with E-state index in [0.717, 1.165) is 45.8 Å². The van der Waals surface area contributed by atoms with Gasteiger partial charge >= 0.3 is 0 Å². The second-order valence-electron chi connectivity index (χ2n) is 4.85. The Hall–Kier alpha value is -0.650. The number of likely N-dealkylation sites (tertiary alicyclic amines) is 1. The lowest BCUT2D eigenvalue weighted by Gasteiger charge is -2.27. The summed E-state index contributed by atoms with van der Waals surface area (Å²) < 4.78 is 5.28. The Morgan fingerprint density at radius 1 is 1.33 bits per heavy atom. The molecule has 2 fully saturated rings. The number of hydrogen-bond donors (Lipinski definition) is 0. The first kappa shape index (κ1) is 13.8. The van der Waals surface area contributed by atoms with Gasteiger partial charge in [-0.25, -0.2) is 0 Å². The van der Waals surface area contributed by atoms with Crippen molar-refractivity contribution in [2.75, 3.05) is 45.9 Å². The van der Waals surface area contributed by atoms with Crippen LogP contribution >= 0.6 is 11.6 Å². The monoisotopic (exact) mass is 274 g/mol. The van der Waals surface area contributed by atoms with Crippen LogP contribution in [0.25, 0.3) is 0 Å². The first-order valence-electron chi connectivity index (χ1n) is 6.44. The molecule has 0 saturated carbocycles. The molecular weight excluding hydrogens is 256 g/mol. The number of halogens is 1. The summed E-state index contributed by atoms with van der Waals surface area (Å²) >= 11 is 5.43. The number of carbonyl (C=O) groups excluding carboxylic acids is 2. The summed E-state index contributed by atoms with van der Waals surface area (Å²) in [7, 11) is 0. The predicted octanol–water partition coefficient (Wildman–Crippen LogP) is 0.323. The topological polar surface area (TPSA) is 49.9 Å². The molecule has 0 aromatic carbocycles. The van der Waals surface area contributed by atoms with E-state index in [0.29, 0.717) is 6.54 Å². The summed E-state index contributed by atoms with van der Waals surface area (Å²) in [6, 6.07) is 0. The van der Waals surface area contributed by atoms with Crippen LogP contribution in [0.1, 0.15) is 12.8 Å². The van der Waals surface area contributed by atoms with Crippen LogP contribution < -0.4 is 0 Å². The average Bonchev–Trinajstić information content (AvgIpc) is 2.73. The third-order valence-electron chi connectivity index (χ3n) is 3.54. The normalized spacial score (nSPS) is 25.7. The van der Waals surface area contributed by atoms with Crippen molar-refractivity contribution in [2.24, 2.45) is 5.92 Å². The summed E-state index contributed by atoms with van der Waals surface area (Å²) in [6.45, 7) is 5.72. The van der Waals surface area contributed by atoms with E-state index in [9.17, 15) is 9.59 Å². The van der Waals surface area contributed by atoms with Crippen LogP contribution in [0.4, 0.5) is 0 Å². The number of amides is 1. The maximum Gasteiger partial charge on any atom is 0.227 e. The van der Waals surface area contributed by atoms with Crippen molar-refractivity contribution in [3.63, 3.8) is 0 Å². The SMILES string of the molecule is O=C(Cl)C1CC(=O)N(CCCN2CCOCC2)C1. The fourth-order valence-electron chi connectivity index (χ4n) is 2.45. The highest BCUT2D eigenvalue weighted by molar-refractivity contribution is 6.64. The van der Waals surface area contributed by atoms with E-state index in [4.69, 9.17) is 16.3 Å². The van der Waals surface area contributed by atoms with Crippen molar-refractivity contribution in [3.05, 3.63) is 0 Å². The van der Waals surface area contributed by atoms with E-state index < -0.39 is 0 Å². The van der Waals surface area contributed by atoms with Gasteiger partial charge in [-0.15, -0.1) is 0 Å². The molecule has 0 aromatic heterocycles. The van der Waals surface area contributed by atoms with E-state index in [1.807, 2.05) is 0 Å². The fourth-order valence-corrected chi connectivity index (χ4v) is 2.60. The van der Waals surface area contributed by atoms with Crippen molar-refractivity contribution in [1.29, 1.82) is 0 Å². The van der Waals surface area contributed by atoms with Crippen molar-refractivity contribution in [2.45, 2.75) is 12.8 Å². The minimum absolute atomic E-state index is 0.0518. The summed E-state index contributed by atoms with van der Waals surface area (Å²) in [6.07, 6.45) is 1.22. The van der Waals surface area contributed by atoms with Crippen LogP contribution in [-0.4, -0.2) is 66.9 Å². The second-order valence-corrected chi connectivity index (χ2v) is 5.23. The molecule has 1 atom stereocenters. The first-order valence-corrected chi connectivity index (χ1v) is 6.82. The number of morpholine rings is 1. The zero-order valence-electron chi connectivity index (χ0n) is 10.4. The maximum atomic E-state index is 11.7. The van der Waals surface area contributed by atoms with Gasteiger partial charge in [0, 0.05) is 39.1 Å². The molecule has 2 heterocycles. The molecule has 2 aliphatic rings.